The van der Waals surface area contributed by atoms with Crippen molar-refractivity contribution in [2.75, 3.05) is 0 Å². The van der Waals surface area contributed by atoms with E-state index in [2.05, 4.69) is 15.7 Å². The summed E-state index contributed by atoms with van der Waals surface area (Å²) in [6.45, 7) is 1.59. The lowest BCUT2D eigenvalue weighted by atomic mass is 9.92. The topological polar surface area (TPSA) is 91.4 Å². The minimum Gasteiger partial charge on any atom is -0.318 e. The molecule has 0 aliphatic carbocycles. The Hall–Kier alpha value is -3.23. The first-order valence-corrected chi connectivity index (χ1v) is 9.89. The van der Waals surface area contributed by atoms with Crippen molar-refractivity contribution < 1.29 is 14.4 Å². The second-order valence-electron chi connectivity index (χ2n) is 6.55. The summed E-state index contributed by atoms with van der Waals surface area (Å²) in [4.78, 5) is 42.1. The van der Waals surface area contributed by atoms with Gasteiger partial charge in [-0.05, 0) is 24.6 Å². The van der Waals surface area contributed by atoms with Gasteiger partial charge in [-0.2, -0.15) is 5.01 Å². The number of halogens is 1. The lowest BCUT2D eigenvalue weighted by Crippen LogP contribution is -2.48. The summed E-state index contributed by atoms with van der Waals surface area (Å²) in [5, 5.41) is 6.03. The molecule has 7 nitrogen and oxygen atoms in total. The van der Waals surface area contributed by atoms with E-state index >= 15 is 0 Å². The molecule has 146 valence electrons. The normalized spacial score (nSPS) is 18.6. The molecular formula is C20H15ClN4O3S. The van der Waals surface area contributed by atoms with Crippen LogP contribution in [0.5, 0.6) is 0 Å². The van der Waals surface area contributed by atoms with E-state index in [1.54, 1.807) is 54.8 Å². The van der Waals surface area contributed by atoms with Gasteiger partial charge >= 0.3 is 6.03 Å². The van der Waals surface area contributed by atoms with Crippen LogP contribution < -0.4 is 10.7 Å². The first-order chi connectivity index (χ1) is 13.9. The predicted octanol–water partition coefficient (Wildman–Crippen LogP) is 3.58. The monoisotopic (exact) mass is 426 g/mol. The highest BCUT2D eigenvalue weighted by Gasteiger charge is 2.50. The molecule has 1 atom stereocenters. The molecule has 1 fully saturated rings. The van der Waals surface area contributed by atoms with Gasteiger partial charge in [-0.25, -0.2) is 9.78 Å². The fourth-order valence-corrected chi connectivity index (χ4v) is 3.99. The number of benzene rings is 2. The number of imide groups is 1. The Morgan fingerprint density at radius 1 is 1.17 bits per heavy atom. The Balaban J connectivity index is 1.53. The molecule has 4 rings (SSSR count). The quantitative estimate of drug-likeness (QED) is 0.624. The predicted molar refractivity (Wildman–Crippen MR) is 109 cm³/mol. The third-order valence-corrected chi connectivity index (χ3v) is 5.69. The molecule has 3 aromatic rings. The molecule has 29 heavy (non-hydrogen) atoms. The Kier molecular flexibility index (Phi) is 4.81. The first kappa shape index (κ1) is 19.1. The van der Waals surface area contributed by atoms with Crippen molar-refractivity contribution in [2.24, 2.45) is 0 Å². The molecule has 1 unspecified atom stereocenters. The lowest BCUT2D eigenvalue weighted by molar-refractivity contribution is -0.132. The molecule has 0 bridgehead atoms. The zero-order chi connectivity index (χ0) is 20.6. The highest BCUT2D eigenvalue weighted by atomic mass is 35.5. The lowest BCUT2D eigenvalue weighted by Gasteiger charge is -2.21. The number of thiazole rings is 1. The van der Waals surface area contributed by atoms with Crippen molar-refractivity contribution in [3.8, 4) is 10.6 Å². The van der Waals surface area contributed by atoms with Crippen LogP contribution in [0, 0.1) is 0 Å². The fraction of sp³-hybridized carbons (Fsp3) is 0.100. The van der Waals surface area contributed by atoms with Crippen LogP contribution in [0.2, 0.25) is 5.02 Å². The molecule has 1 aliphatic heterocycles. The average Bonchev–Trinajstić information content (AvgIpc) is 3.29. The second kappa shape index (κ2) is 7.31. The third kappa shape index (κ3) is 3.48. The van der Waals surface area contributed by atoms with Crippen LogP contribution in [0.25, 0.3) is 10.6 Å². The van der Waals surface area contributed by atoms with Crippen molar-refractivity contribution >= 4 is 40.8 Å². The Labute approximate surface area is 175 Å². The third-order valence-electron chi connectivity index (χ3n) is 4.56. The molecule has 0 saturated carbocycles. The van der Waals surface area contributed by atoms with Gasteiger partial charge in [0.1, 0.15) is 16.2 Å². The van der Waals surface area contributed by atoms with Crippen LogP contribution in [0.15, 0.2) is 60.0 Å². The van der Waals surface area contributed by atoms with Gasteiger partial charge in [0.2, 0.25) is 0 Å². The molecule has 2 aromatic carbocycles. The maximum Gasteiger partial charge on any atom is 0.344 e. The van der Waals surface area contributed by atoms with E-state index in [-0.39, 0.29) is 5.69 Å². The standard InChI is InChI=1S/C20H15ClN4O3S/c1-20(13-7-3-2-4-8-13)18(27)25(19(28)23-20)24-16(26)15-11-29-17(22-15)12-6-5-9-14(21)10-12/h2-11H,1H3,(H,23,28)(H,24,26). The Morgan fingerprint density at radius 2 is 1.93 bits per heavy atom. The summed E-state index contributed by atoms with van der Waals surface area (Å²) in [7, 11) is 0. The van der Waals surface area contributed by atoms with Crippen molar-refractivity contribution in [3.63, 3.8) is 0 Å². The molecule has 1 saturated heterocycles. The Bertz CT molecular complexity index is 1120. The van der Waals surface area contributed by atoms with Gasteiger partial charge in [0.25, 0.3) is 11.8 Å². The summed E-state index contributed by atoms with van der Waals surface area (Å²) < 4.78 is 0. The fourth-order valence-electron chi connectivity index (χ4n) is 3.00. The van der Waals surface area contributed by atoms with Crippen LogP contribution in [0.3, 0.4) is 0 Å². The number of carbonyl (C=O) groups is 3. The van der Waals surface area contributed by atoms with E-state index in [4.69, 9.17) is 11.6 Å². The van der Waals surface area contributed by atoms with E-state index in [0.29, 0.717) is 20.6 Å². The average molecular weight is 427 g/mol. The number of rotatable bonds is 4. The molecule has 1 aliphatic rings. The largest absolute Gasteiger partial charge is 0.344 e. The van der Waals surface area contributed by atoms with Crippen molar-refractivity contribution in [3.05, 3.63) is 76.3 Å². The molecule has 0 radical (unpaired) electrons. The smallest absolute Gasteiger partial charge is 0.318 e. The summed E-state index contributed by atoms with van der Waals surface area (Å²) in [6, 6.07) is 15.2. The van der Waals surface area contributed by atoms with Gasteiger partial charge in [0.15, 0.2) is 0 Å². The number of aromatic nitrogens is 1. The van der Waals surface area contributed by atoms with Gasteiger partial charge in [-0.3, -0.25) is 15.0 Å². The summed E-state index contributed by atoms with van der Waals surface area (Å²) in [5.74, 6) is -1.23. The number of hydrogen-bond donors (Lipinski definition) is 2. The van der Waals surface area contributed by atoms with Gasteiger partial charge in [0.05, 0.1) is 0 Å². The second-order valence-corrected chi connectivity index (χ2v) is 7.85. The molecular weight excluding hydrogens is 412 g/mol. The van der Waals surface area contributed by atoms with Crippen LogP contribution in [0.4, 0.5) is 4.79 Å². The zero-order valence-electron chi connectivity index (χ0n) is 15.2. The van der Waals surface area contributed by atoms with E-state index < -0.39 is 23.4 Å². The molecule has 9 heteroatoms. The highest BCUT2D eigenvalue weighted by molar-refractivity contribution is 7.13. The number of urea groups is 1. The SMILES string of the molecule is CC1(c2ccccc2)NC(=O)N(NC(=O)c2csc(-c3cccc(Cl)c3)n2)C1=O. The summed E-state index contributed by atoms with van der Waals surface area (Å²) in [6.07, 6.45) is 0. The van der Waals surface area contributed by atoms with E-state index in [0.717, 1.165) is 5.56 Å². The number of nitrogens with one attached hydrogen (secondary N) is 2. The maximum absolute atomic E-state index is 12.9. The van der Waals surface area contributed by atoms with Gasteiger partial charge in [-0.15, -0.1) is 11.3 Å². The minimum absolute atomic E-state index is 0.0962. The van der Waals surface area contributed by atoms with Gasteiger partial charge in [0, 0.05) is 16.0 Å². The Morgan fingerprint density at radius 3 is 2.66 bits per heavy atom. The molecule has 1 aromatic heterocycles. The van der Waals surface area contributed by atoms with Crippen LogP contribution in [-0.2, 0) is 10.3 Å². The van der Waals surface area contributed by atoms with E-state index in [1.807, 2.05) is 12.1 Å². The van der Waals surface area contributed by atoms with E-state index in [9.17, 15) is 14.4 Å². The molecule has 2 heterocycles. The van der Waals surface area contributed by atoms with Crippen LogP contribution >= 0.6 is 22.9 Å². The number of hydrogen-bond acceptors (Lipinski definition) is 5. The van der Waals surface area contributed by atoms with Crippen LogP contribution in [-0.4, -0.2) is 27.8 Å². The maximum atomic E-state index is 12.9. The van der Waals surface area contributed by atoms with Gasteiger partial charge in [-0.1, -0.05) is 54.1 Å². The van der Waals surface area contributed by atoms with Crippen molar-refractivity contribution in [2.45, 2.75) is 12.5 Å². The highest BCUT2D eigenvalue weighted by Crippen LogP contribution is 2.28. The summed E-state index contributed by atoms with van der Waals surface area (Å²) >= 11 is 7.26. The van der Waals surface area contributed by atoms with Crippen molar-refractivity contribution in [1.29, 1.82) is 0 Å². The number of nitrogens with zero attached hydrogens (tertiary/aromatic N) is 2. The molecule has 2 N–H and O–H groups in total. The van der Waals surface area contributed by atoms with E-state index in [1.165, 1.54) is 11.3 Å². The molecule has 0 spiro atoms. The number of hydrazine groups is 1. The summed E-state index contributed by atoms with van der Waals surface area (Å²) in [5.41, 5.74) is 2.57. The van der Waals surface area contributed by atoms with Crippen LogP contribution in [0.1, 0.15) is 23.0 Å². The zero-order valence-corrected chi connectivity index (χ0v) is 16.8. The molecule has 4 amide bonds. The van der Waals surface area contributed by atoms with Gasteiger partial charge < -0.3 is 5.32 Å². The minimum atomic E-state index is -1.26. The van der Waals surface area contributed by atoms with Crippen molar-refractivity contribution in [1.82, 2.24) is 20.7 Å². The first-order valence-electron chi connectivity index (χ1n) is 8.63. The number of amides is 4. The number of carbonyl (C=O) groups excluding carboxylic acids is 3.